The smallest absolute Gasteiger partial charge is 0.147 e. The van der Waals surface area contributed by atoms with Crippen molar-refractivity contribution in [1.29, 1.82) is 0 Å². The Morgan fingerprint density at radius 3 is 2.87 bits per heavy atom. The quantitative estimate of drug-likeness (QED) is 0.495. The second-order valence-electron chi connectivity index (χ2n) is 2.61. The van der Waals surface area contributed by atoms with Crippen molar-refractivity contribution in [1.82, 2.24) is 20.3 Å². The molecule has 0 amide bonds. The second kappa shape index (κ2) is 4.67. The number of tetrazole rings is 1. The molecule has 0 N–H and O–H groups in total. The summed E-state index contributed by atoms with van der Waals surface area (Å²) in [6.07, 6.45) is 2.84. The first kappa shape index (κ1) is 9.09. The van der Waals surface area contributed by atoms with E-state index >= 15 is 0 Å². The summed E-state index contributed by atoms with van der Waals surface area (Å²) in [6.45, 7) is 0. The molecule has 0 fully saturated rings. The molecule has 1 heterocycles. The molecule has 15 heavy (non-hydrogen) atoms. The predicted molar refractivity (Wildman–Crippen MR) is 55.0 cm³/mol. The first-order valence-electron chi connectivity index (χ1n) is 4.27. The fraction of sp³-hybridized carbons (Fsp3) is 0. The predicted octanol–water partition coefficient (Wildman–Crippen LogP) is 0.559. The van der Waals surface area contributed by atoms with Crippen LogP contribution in [-0.4, -0.2) is 26.5 Å². The third-order valence-electron chi connectivity index (χ3n) is 1.57. The van der Waals surface area contributed by atoms with Gasteiger partial charge in [0.05, 0.1) is 6.21 Å². The van der Waals surface area contributed by atoms with Crippen LogP contribution >= 0.6 is 0 Å². The van der Waals surface area contributed by atoms with Crippen LogP contribution in [0.1, 0.15) is 5.56 Å². The monoisotopic (exact) mass is 197 g/mol. The van der Waals surface area contributed by atoms with E-state index in [2.05, 4.69) is 32.5 Å². The number of rotatable bonds is 1. The maximum atomic E-state index is 3.86. The molecule has 0 saturated carbocycles. The molecule has 0 aliphatic heterocycles. The molecule has 0 bridgehead atoms. The molecule has 5 heteroatoms. The van der Waals surface area contributed by atoms with Gasteiger partial charge in [-0.05, 0) is 28.5 Å². The average molecular weight is 197 g/mol. The van der Waals surface area contributed by atoms with Crippen LogP contribution in [0.15, 0.2) is 41.8 Å². The summed E-state index contributed by atoms with van der Waals surface area (Å²) >= 11 is 0. The van der Waals surface area contributed by atoms with Crippen molar-refractivity contribution in [2.24, 2.45) is 5.10 Å². The van der Waals surface area contributed by atoms with Gasteiger partial charge in [-0.2, -0.15) is 0 Å². The van der Waals surface area contributed by atoms with Gasteiger partial charge in [0.2, 0.25) is 0 Å². The minimum atomic E-state index is 0.945. The molecule has 0 atom stereocenters. The first-order chi connectivity index (χ1) is 7.45. The standard InChI is InChI=1S/C10H7N5/c1-2-5-10(6-3-1)7-4-8-12-15-9-11-13-14-15/h1-3,5-6,8-9H. The highest BCUT2D eigenvalue weighted by atomic mass is 15.6. The molecule has 5 nitrogen and oxygen atoms in total. The van der Waals surface area contributed by atoms with Gasteiger partial charge >= 0.3 is 0 Å². The Labute approximate surface area is 86.4 Å². The van der Waals surface area contributed by atoms with Crippen molar-refractivity contribution in [3.63, 3.8) is 0 Å². The fourth-order valence-electron chi connectivity index (χ4n) is 0.934. The van der Waals surface area contributed by atoms with E-state index in [0.29, 0.717) is 0 Å². The van der Waals surface area contributed by atoms with Crippen molar-refractivity contribution in [3.05, 3.63) is 42.2 Å². The molecule has 0 aliphatic carbocycles. The third-order valence-corrected chi connectivity index (χ3v) is 1.57. The lowest BCUT2D eigenvalue weighted by Gasteiger charge is -1.84. The molecule has 0 unspecified atom stereocenters. The zero-order chi connectivity index (χ0) is 10.3. The molecule has 1 aromatic heterocycles. The molecule has 0 radical (unpaired) electrons. The van der Waals surface area contributed by atoms with Crippen molar-refractivity contribution in [2.75, 3.05) is 0 Å². The Hall–Kier alpha value is -2.48. The summed E-state index contributed by atoms with van der Waals surface area (Å²) in [6, 6.07) is 9.67. The van der Waals surface area contributed by atoms with Crippen LogP contribution in [0.5, 0.6) is 0 Å². The lowest BCUT2D eigenvalue weighted by molar-refractivity contribution is 0.694. The van der Waals surface area contributed by atoms with Gasteiger partial charge in [0.25, 0.3) is 0 Å². The molecule has 0 aliphatic rings. The molecule has 0 spiro atoms. The molecule has 1 aromatic carbocycles. The number of nitrogens with zero attached hydrogens (tertiary/aromatic N) is 5. The van der Waals surface area contributed by atoms with E-state index in [4.69, 9.17) is 0 Å². The molecular weight excluding hydrogens is 190 g/mol. The van der Waals surface area contributed by atoms with Crippen molar-refractivity contribution in [2.45, 2.75) is 0 Å². The van der Waals surface area contributed by atoms with E-state index in [9.17, 15) is 0 Å². The third kappa shape index (κ3) is 2.74. The maximum Gasteiger partial charge on any atom is 0.164 e. The zero-order valence-corrected chi connectivity index (χ0v) is 7.78. The molecule has 0 saturated heterocycles. The Kier molecular flexibility index (Phi) is 2.83. The van der Waals surface area contributed by atoms with Gasteiger partial charge in [-0.15, -0.1) is 15.0 Å². The molecule has 2 aromatic rings. The number of hydrogen-bond donors (Lipinski definition) is 0. The SMILES string of the molecule is C(#Cc1ccccc1)C=Nn1cnnn1. The van der Waals surface area contributed by atoms with Crippen LogP contribution in [0.3, 0.4) is 0 Å². The summed E-state index contributed by atoms with van der Waals surface area (Å²) < 4.78 is 0. The van der Waals surface area contributed by atoms with Crippen molar-refractivity contribution >= 4 is 6.21 Å². The van der Waals surface area contributed by atoms with Gasteiger partial charge in [0, 0.05) is 5.56 Å². The summed E-state index contributed by atoms with van der Waals surface area (Å²) in [7, 11) is 0. The van der Waals surface area contributed by atoms with E-state index < -0.39 is 0 Å². The Morgan fingerprint density at radius 1 is 1.27 bits per heavy atom. The lowest BCUT2D eigenvalue weighted by atomic mass is 10.2. The van der Waals surface area contributed by atoms with Crippen molar-refractivity contribution in [3.8, 4) is 11.8 Å². The summed E-state index contributed by atoms with van der Waals surface area (Å²) in [5, 5.41) is 14.3. The second-order valence-corrected chi connectivity index (χ2v) is 2.61. The van der Waals surface area contributed by atoms with Crippen LogP contribution in [0.2, 0.25) is 0 Å². The number of hydrogen-bond acceptors (Lipinski definition) is 4. The van der Waals surface area contributed by atoms with E-state index in [-0.39, 0.29) is 0 Å². The van der Waals surface area contributed by atoms with Gasteiger partial charge in [0.15, 0.2) is 6.33 Å². The highest BCUT2D eigenvalue weighted by molar-refractivity contribution is 5.79. The Balaban J connectivity index is 2.02. The zero-order valence-electron chi connectivity index (χ0n) is 7.78. The van der Waals surface area contributed by atoms with Crippen LogP contribution in [0.4, 0.5) is 0 Å². The largest absolute Gasteiger partial charge is 0.164 e. The highest BCUT2D eigenvalue weighted by Gasteiger charge is 1.82. The summed E-state index contributed by atoms with van der Waals surface area (Å²) in [5.74, 6) is 5.71. The maximum absolute atomic E-state index is 3.86. The Bertz CT molecular complexity index is 490. The first-order valence-corrected chi connectivity index (χ1v) is 4.27. The van der Waals surface area contributed by atoms with E-state index in [0.717, 1.165) is 5.56 Å². The van der Waals surface area contributed by atoms with Crippen LogP contribution in [-0.2, 0) is 0 Å². The molecule has 72 valence electrons. The minimum Gasteiger partial charge on any atom is -0.147 e. The molecule has 2 rings (SSSR count). The van der Waals surface area contributed by atoms with Crippen LogP contribution in [0, 0.1) is 11.8 Å². The van der Waals surface area contributed by atoms with Gasteiger partial charge in [-0.25, -0.2) is 0 Å². The summed E-state index contributed by atoms with van der Waals surface area (Å²) in [5.41, 5.74) is 0.945. The van der Waals surface area contributed by atoms with Gasteiger partial charge in [-0.1, -0.05) is 24.1 Å². The topological polar surface area (TPSA) is 56.0 Å². The number of benzene rings is 1. The van der Waals surface area contributed by atoms with Gasteiger partial charge in [0.1, 0.15) is 0 Å². The highest BCUT2D eigenvalue weighted by Crippen LogP contribution is 1.93. The van der Waals surface area contributed by atoms with Crippen molar-refractivity contribution < 1.29 is 0 Å². The van der Waals surface area contributed by atoms with E-state index in [1.165, 1.54) is 17.3 Å². The van der Waals surface area contributed by atoms with Crippen LogP contribution in [0.25, 0.3) is 0 Å². The van der Waals surface area contributed by atoms with Crippen LogP contribution < -0.4 is 0 Å². The molecular formula is C10H7N5. The fourth-order valence-corrected chi connectivity index (χ4v) is 0.934. The normalized spacial score (nSPS) is 9.87. The average Bonchev–Trinajstić information content (AvgIpc) is 2.79. The van der Waals surface area contributed by atoms with Gasteiger partial charge in [-0.3, -0.25) is 0 Å². The summed E-state index contributed by atoms with van der Waals surface area (Å²) in [4.78, 5) is 1.24. The Morgan fingerprint density at radius 2 is 2.13 bits per heavy atom. The van der Waals surface area contributed by atoms with E-state index in [1.54, 1.807) is 0 Å². The number of aromatic nitrogens is 4. The lowest BCUT2D eigenvalue weighted by Crippen LogP contribution is -1.88. The minimum absolute atomic E-state index is 0.945. The van der Waals surface area contributed by atoms with E-state index in [1.807, 2.05) is 30.3 Å². The van der Waals surface area contributed by atoms with Gasteiger partial charge < -0.3 is 0 Å².